The van der Waals surface area contributed by atoms with E-state index in [1.54, 1.807) is 6.92 Å². The fourth-order valence-electron chi connectivity index (χ4n) is 3.53. The Hall–Kier alpha value is -2.95. The minimum Gasteiger partial charge on any atom is -0.441 e. The van der Waals surface area contributed by atoms with Gasteiger partial charge in [0.1, 0.15) is 29.8 Å². The average molecular weight is 408 g/mol. The van der Waals surface area contributed by atoms with Crippen molar-refractivity contribution in [2.75, 3.05) is 29.9 Å². The lowest BCUT2D eigenvalue weighted by atomic mass is 10.0. The maximum atomic E-state index is 13.6. The Morgan fingerprint density at radius 1 is 1.24 bits per heavy atom. The van der Waals surface area contributed by atoms with E-state index in [-0.39, 0.29) is 29.1 Å². The highest BCUT2D eigenvalue weighted by Gasteiger charge is 2.34. The molecule has 4 heterocycles. The summed E-state index contributed by atoms with van der Waals surface area (Å²) >= 11 is 0. The lowest BCUT2D eigenvalue weighted by Gasteiger charge is -2.33. The smallest absolute Gasteiger partial charge is 0.416 e. The first kappa shape index (κ1) is 19.4. The zero-order chi connectivity index (χ0) is 20.8. The second-order valence-electron chi connectivity index (χ2n) is 7.06. The van der Waals surface area contributed by atoms with E-state index in [4.69, 9.17) is 4.74 Å². The topological polar surface area (TPSA) is 92.3 Å². The largest absolute Gasteiger partial charge is 0.441 e. The van der Waals surface area contributed by atoms with Crippen molar-refractivity contribution >= 4 is 17.7 Å². The van der Waals surface area contributed by atoms with E-state index in [0.29, 0.717) is 25.2 Å². The van der Waals surface area contributed by atoms with Crippen LogP contribution in [0.3, 0.4) is 0 Å². The van der Waals surface area contributed by atoms with E-state index in [2.05, 4.69) is 25.6 Å². The van der Waals surface area contributed by atoms with Crippen molar-refractivity contribution in [1.29, 1.82) is 0 Å². The number of rotatable bonds is 2. The highest BCUT2D eigenvalue weighted by Crippen LogP contribution is 2.38. The molecule has 154 valence electrons. The van der Waals surface area contributed by atoms with Crippen molar-refractivity contribution in [2.45, 2.75) is 32.2 Å². The van der Waals surface area contributed by atoms with Crippen LogP contribution in [-0.2, 0) is 10.9 Å². The minimum absolute atomic E-state index is 0.0475. The number of carbonyl (C=O) groups excluding carboxylic acids is 1. The summed E-state index contributed by atoms with van der Waals surface area (Å²) in [5.41, 5.74) is -0.188. The van der Waals surface area contributed by atoms with E-state index < -0.39 is 23.9 Å². The molecule has 4 rings (SSSR count). The predicted octanol–water partition coefficient (Wildman–Crippen LogP) is 2.98. The molecule has 1 fully saturated rings. The average Bonchev–Trinajstić information content (AvgIpc) is 2.66. The molecule has 1 unspecified atom stereocenters. The van der Waals surface area contributed by atoms with Gasteiger partial charge in [0.2, 0.25) is 0 Å². The summed E-state index contributed by atoms with van der Waals surface area (Å²) in [5, 5.41) is 5.70. The third-order valence-corrected chi connectivity index (χ3v) is 4.87. The number of nitrogens with zero attached hydrogens (tertiary/aromatic N) is 4. The van der Waals surface area contributed by atoms with Crippen LogP contribution in [0.25, 0.3) is 11.4 Å². The van der Waals surface area contributed by atoms with Crippen LogP contribution in [0.5, 0.6) is 0 Å². The van der Waals surface area contributed by atoms with Crippen LogP contribution in [0.1, 0.15) is 31.1 Å². The number of fused-ring (bicyclic) bond motifs is 1. The molecule has 2 aliphatic heterocycles. The maximum absolute atomic E-state index is 13.6. The first-order valence-corrected chi connectivity index (χ1v) is 9.13. The monoisotopic (exact) mass is 408 g/mol. The molecular formula is C18H19F3N6O2. The zero-order valence-electron chi connectivity index (χ0n) is 15.7. The zero-order valence-corrected chi connectivity index (χ0v) is 15.7. The lowest BCUT2D eigenvalue weighted by molar-refractivity contribution is -0.137. The highest BCUT2D eigenvalue weighted by atomic mass is 19.4. The van der Waals surface area contributed by atoms with Crippen LogP contribution in [0.2, 0.25) is 0 Å². The molecule has 0 aliphatic carbocycles. The van der Waals surface area contributed by atoms with E-state index in [1.807, 2.05) is 11.8 Å². The number of ether oxygens (including phenoxy) is 1. The van der Waals surface area contributed by atoms with Gasteiger partial charge in [-0.2, -0.15) is 13.2 Å². The number of halogens is 3. The van der Waals surface area contributed by atoms with E-state index in [1.165, 1.54) is 6.33 Å². The number of hydrogen-bond acceptors (Lipinski definition) is 7. The number of anilines is 2. The summed E-state index contributed by atoms with van der Waals surface area (Å²) in [6.45, 7) is 5.29. The lowest BCUT2D eigenvalue weighted by Crippen LogP contribution is -2.49. The molecule has 2 aliphatic rings. The van der Waals surface area contributed by atoms with E-state index in [0.717, 1.165) is 12.1 Å². The summed E-state index contributed by atoms with van der Waals surface area (Å²) < 4.78 is 45.9. The molecule has 2 N–H and O–H groups in total. The van der Waals surface area contributed by atoms with E-state index in [9.17, 15) is 18.0 Å². The van der Waals surface area contributed by atoms with Gasteiger partial charge in [-0.05, 0) is 26.0 Å². The number of hydrogen-bond donors (Lipinski definition) is 2. The Labute approximate surface area is 164 Å². The molecule has 2 aromatic heterocycles. The van der Waals surface area contributed by atoms with Crippen molar-refractivity contribution < 1.29 is 22.7 Å². The van der Waals surface area contributed by atoms with Crippen LogP contribution in [0.15, 0.2) is 18.5 Å². The molecule has 0 spiro atoms. The highest BCUT2D eigenvalue weighted by molar-refractivity contribution is 5.88. The van der Waals surface area contributed by atoms with Crippen LogP contribution < -0.4 is 15.5 Å². The van der Waals surface area contributed by atoms with Crippen LogP contribution >= 0.6 is 0 Å². The first-order valence-electron chi connectivity index (χ1n) is 9.13. The van der Waals surface area contributed by atoms with Crippen molar-refractivity contribution in [1.82, 2.24) is 20.3 Å². The predicted molar refractivity (Wildman–Crippen MR) is 98.5 cm³/mol. The molecule has 2 aromatic rings. The van der Waals surface area contributed by atoms with Crippen LogP contribution in [0.4, 0.5) is 29.6 Å². The van der Waals surface area contributed by atoms with Gasteiger partial charge in [0.25, 0.3) is 0 Å². The van der Waals surface area contributed by atoms with Gasteiger partial charge in [-0.15, -0.1) is 0 Å². The summed E-state index contributed by atoms with van der Waals surface area (Å²) in [4.78, 5) is 26.0. The summed E-state index contributed by atoms with van der Waals surface area (Å²) in [6.07, 6.45) is -4.77. The van der Waals surface area contributed by atoms with Gasteiger partial charge in [0.15, 0.2) is 0 Å². The SMILES string of the molecule is CC1OC(=O)Nc2ncnc(-c3cc(C(F)(F)F)cc(N4CCN[C@@H](C)C4)n3)c21. The molecule has 11 heteroatoms. The van der Waals surface area contributed by atoms with Crippen molar-refractivity contribution in [3.8, 4) is 11.4 Å². The van der Waals surface area contributed by atoms with Crippen LogP contribution in [-0.4, -0.2) is 46.7 Å². The quantitative estimate of drug-likeness (QED) is 0.789. The number of carbonyl (C=O) groups is 1. The van der Waals surface area contributed by atoms with Gasteiger partial charge in [0, 0.05) is 25.7 Å². The number of alkyl halides is 3. The fourth-order valence-corrected chi connectivity index (χ4v) is 3.53. The number of amides is 1. The van der Waals surface area contributed by atoms with Gasteiger partial charge in [-0.1, -0.05) is 0 Å². The summed E-state index contributed by atoms with van der Waals surface area (Å²) in [5.74, 6) is 0.430. The number of pyridine rings is 1. The Balaban J connectivity index is 1.85. The van der Waals surface area contributed by atoms with Crippen molar-refractivity contribution in [3.63, 3.8) is 0 Å². The maximum Gasteiger partial charge on any atom is 0.416 e. The Kier molecular flexibility index (Phi) is 4.77. The van der Waals surface area contributed by atoms with Gasteiger partial charge in [-0.3, -0.25) is 5.32 Å². The Morgan fingerprint density at radius 2 is 2.03 bits per heavy atom. The molecule has 0 bridgehead atoms. The van der Waals surface area contributed by atoms with Crippen LogP contribution in [0, 0.1) is 0 Å². The molecule has 0 aromatic carbocycles. The second-order valence-corrected chi connectivity index (χ2v) is 7.06. The third kappa shape index (κ3) is 3.82. The number of nitrogens with one attached hydrogen (secondary N) is 2. The minimum atomic E-state index is -4.55. The standard InChI is InChI=1S/C18H19F3N6O2/c1-9-7-27(4-3-22-9)13-6-11(18(19,20)21)5-12(25-13)15-14-10(2)29-17(28)26-16(14)24-8-23-15/h5-6,8-10,22H,3-4,7H2,1-2H3,(H,23,24,26,28)/t9-,10?/m0/s1. The second kappa shape index (κ2) is 7.14. The molecule has 1 saturated heterocycles. The molecule has 2 atom stereocenters. The molecule has 29 heavy (non-hydrogen) atoms. The number of aromatic nitrogens is 3. The van der Waals surface area contributed by atoms with E-state index >= 15 is 0 Å². The van der Waals surface area contributed by atoms with Gasteiger partial charge < -0.3 is 15.0 Å². The molecule has 8 nitrogen and oxygen atoms in total. The third-order valence-electron chi connectivity index (χ3n) is 4.87. The molecular weight excluding hydrogens is 389 g/mol. The number of cyclic esters (lactones) is 1. The molecule has 1 amide bonds. The Bertz CT molecular complexity index is 952. The van der Waals surface area contributed by atoms with Gasteiger partial charge >= 0.3 is 12.3 Å². The number of piperazine rings is 1. The molecule has 0 radical (unpaired) electrons. The Morgan fingerprint density at radius 3 is 2.76 bits per heavy atom. The first-order chi connectivity index (χ1) is 13.7. The van der Waals surface area contributed by atoms with Gasteiger partial charge in [-0.25, -0.2) is 19.7 Å². The van der Waals surface area contributed by atoms with Crippen molar-refractivity contribution in [2.24, 2.45) is 0 Å². The normalized spacial score (nSPS) is 22.0. The van der Waals surface area contributed by atoms with Crippen molar-refractivity contribution in [3.05, 3.63) is 29.6 Å². The van der Waals surface area contributed by atoms with Gasteiger partial charge in [0.05, 0.1) is 16.8 Å². The summed E-state index contributed by atoms with van der Waals surface area (Å²) in [6, 6.07) is 2.14. The fraction of sp³-hybridized carbons (Fsp3) is 0.444. The summed E-state index contributed by atoms with van der Waals surface area (Å²) in [7, 11) is 0. The molecule has 0 saturated carbocycles.